The summed E-state index contributed by atoms with van der Waals surface area (Å²) in [6, 6.07) is 0. The number of aliphatic hydroxyl groups excluding tert-OH is 1. The molecule has 3 rings (SSSR count). The Morgan fingerprint density at radius 2 is 2.00 bits per heavy atom. The molecule has 0 unspecified atom stereocenters. The average Bonchev–Trinajstić information content (AvgIpc) is 2.76. The Bertz CT molecular complexity index is 570. The van der Waals surface area contributed by atoms with Gasteiger partial charge in [0.2, 0.25) is 0 Å². The van der Waals surface area contributed by atoms with Crippen molar-refractivity contribution in [3.05, 3.63) is 12.2 Å². The number of aliphatic hydroxyl groups is 2. The first kappa shape index (κ1) is 18.9. The summed E-state index contributed by atoms with van der Waals surface area (Å²) in [4.78, 5) is 12.0. The Balaban J connectivity index is 1.90. The molecule has 5 nitrogen and oxygen atoms in total. The van der Waals surface area contributed by atoms with E-state index in [4.69, 9.17) is 4.74 Å². The van der Waals surface area contributed by atoms with Crippen LogP contribution in [0.5, 0.6) is 0 Å². The van der Waals surface area contributed by atoms with Gasteiger partial charge in [0.05, 0.1) is 18.1 Å². The molecule has 1 aliphatic heterocycles. The topological polar surface area (TPSA) is 87.0 Å². The first-order chi connectivity index (χ1) is 11.5. The van der Waals surface area contributed by atoms with Gasteiger partial charge < -0.3 is 20.1 Å². The smallest absolute Gasteiger partial charge is 0.309 e. The molecule has 3 fully saturated rings. The van der Waals surface area contributed by atoms with Crippen LogP contribution in [0, 0.1) is 22.7 Å². The molecule has 1 saturated heterocycles. The summed E-state index contributed by atoms with van der Waals surface area (Å²) in [5, 5.41) is 30.5. The maximum atomic E-state index is 12.0. The number of allylic oxidation sites excluding steroid dienone is 1. The lowest BCUT2D eigenvalue weighted by molar-refractivity contribution is -0.165. The fourth-order valence-electron chi connectivity index (χ4n) is 5.92. The van der Waals surface area contributed by atoms with Crippen molar-refractivity contribution in [3.63, 3.8) is 0 Å². The quantitative estimate of drug-likeness (QED) is 0.680. The summed E-state index contributed by atoms with van der Waals surface area (Å²) in [5.74, 6) is -0.501. The second kappa shape index (κ2) is 6.07. The first-order valence-electron chi connectivity index (χ1n) is 9.46. The van der Waals surface area contributed by atoms with Gasteiger partial charge in [-0.25, -0.2) is 0 Å². The first-order valence-corrected chi connectivity index (χ1v) is 9.46. The van der Waals surface area contributed by atoms with E-state index in [1.807, 2.05) is 6.92 Å². The molecule has 142 valence electrons. The van der Waals surface area contributed by atoms with Crippen LogP contribution in [0.3, 0.4) is 0 Å². The maximum Gasteiger partial charge on any atom is 0.309 e. The van der Waals surface area contributed by atoms with E-state index < -0.39 is 29.2 Å². The fraction of sp³-hybridized carbons (Fsp3) is 0.850. The number of carbonyl (C=O) groups is 1. The summed E-state index contributed by atoms with van der Waals surface area (Å²) in [6.07, 6.45) is 3.53. The third kappa shape index (κ3) is 2.75. The lowest BCUT2D eigenvalue weighted by Crippen LogP contribution is -2.55. The molecule has 0 bridgehead atoms. The van der Waals surface area contributed by atoms with E-state index >= 15 is 0 Å². The number of carboxylic acid groups (broad SMARTS) is 1. The molecular weight excluding hydrogens is 320 g/mol. The monoisotopic (exact) mass is 352 g/mol. The second-order valence-corrected chi connectivity index (χ2v) is 9.18. The summed E-state index contributed by atoms with van der Waals surface area (Å²) in [7, 11) is 0. The number of fused-ring (bicyclic) bond motifs is 1. The highest BCUT2D eigenvalue weighted by atomic mass is 16.5. The van der Waals surface area contributed by atoms with E-state index in [1.165, 1.54) is 0 Å². The predicted octanol–water partition coefficient (Wildman–Crippen LogP) is 2.75. The third-order valence-corrected chi connectivity index (χ3v) is 7.74. The SMILES string of the molecule is C=C1CC[C@@H]2[C@](C)(CCC[C@]2(C)C(=O)O)[C@H]1C[C@@H]1OC[C@@H](O)[C@]1(C)O. The molecule has 0 aromatic carbocycles. The molecule has 3 aliphatic rings. The Morgan fingerprint density at radius 3 is 2.56 bits per heavy atom. The second-order valence-electron chi connectivity index (χ2n) is 9.18. The van der Waals surface area contributed by atoms with Gasteiger partial charge in [-0.15, -0.1) is 0 Å². The molecule has 0 spiro atoms. The van der Waals surface area contributed by atoms with E-state index in [0.29, 0.717) is 6.42 Å². The van der Waals surface area contributed by atoms with Crippen LogP contribution in [-0.2, 0) is 9.53 Å². The highest BCUT2D eigenvalue weighted by molar-refractivity contribution is 5.75. The molecule has 3 N–H and O–H groups in total. The zero-order valence-electron chi connectivity index (χ0n) is 15.6. The van der Waals surface area contributed by atoms with Crippen molar-refractivity contribution in [1.29, 1.82) is 0 Å². The number of hydrogen-bond acceptors (Lipinski definition) is 4. The number of rotatable bonds is 3. The van der Waals surface area contributed by atoms with Crippen molar-refractivity contribution >= 4 is 5.97 Å². The Morgan fingerprint density at radius 1 is 1.32 bits per heavy atom. The summed E-state index contributed by atoms with van der Waals surface area (Å²) in [6.45, 7) is 10.2. The molecule has 0 aromatic heterocycles. The highest BCUT2D eigenvalue weighted by Crippen LogP contribution is 2.62. The number of carboxylic acids is 1. The molecular formula is C20H32O5. The normalized spacial score (nSPS) is 50.5. The van der Waals surface area contributed by atoms with Crippen molar-refractivity contribution in [2.45, 2.75) is 77.1 Å². The van der Waals surface area contributed by atoms with E-state index in [0.717, 1.165) is 37.7 Å². The zero-order valence-corrected chi connectivity index (χ0v) is 15.6. The van der Waals surface area contributed by atoms with Crippen LogP contribution >= 0.6 is 0 Å². The van der Waals surface area contributed by atoms with Gasteiger partial charge in [-0.2, -0.15) is 0 Å². The zero-order chi connectivity index (χ0) is 18.6. The van der Waals surface area contributed by atoms with Crippen molar-refractivity contribution in [2.75, 3.05) is 6.61 Å². The van der Waals surface area contributed by atoms with E-state index in [-0.39, 0.29) is 23.9 Å². The van der Waals surface area contributed by atoms with Gasteiger partial charge >= 0.3 is 5.97 Å². The lowest BCUT2D eigenvalue weighted by Gasteiger charge is -2.57. The predicted molar refractivity (Wildman–Crippen MR) is 94.0 cm³/mol. The summed E-state index contributed by atoms with van der Waals surface area (Å²) < 4.78 is 5.70. The average molecular weight is 352 g/mol. The van der Waals surface area contributed by atoms with Crippen molar-refractivity contribution < 1.29 is 24.9 Å². The van der Waals surface area contributed by atoms with E-state index in [1.54, 1.807) is 6.92 Å². The molecule has 7 atom stereocenters. The van der Waals surface area contributed by atoms with Crippen LogP contribution in [-0.4, -0.2) is 45.7 Å². The molecule has 0 radical (unpaired) electrons. The van der Waals surface area contributed by atoms with Gasteiger partial charge in [0.15, 0.2) is 0 Å². The van der Waals surface area contributed by atoms with Crippen LogP contribution in [0.15, 0.2) is 12.2 Å². The van der Waals surface area contributed by atoms with Crippen molar-refractivity contribution in [3.8, 4) is 0 Å². The molecule has 0 amide bonds. The van der Waals surface area contributed by atoms with Crippen LogP contribution in [0.4, 0.5) is 0 Å². The van der Waals surface area contributed by atoms with Gasteiger partial charge in [0, 0.05) is 0 Å². The number of hydrogen-bond donors (Lipinski definition) is 3. The molecule has 5 heteroatoms. The van der Waals surface area contributed by atoms with Crippen molar-refractivity contribution in [2.24, 2.45) is 22.7 Å². The minimum absolute atomic E-state index is 0.0954. The fourth-order valence-corrected chi connectivity index (χ4v) is 5.92. The van der Waals surface area contributed by atoms with Crippen LogP contribution < -0.4 is 0 Å². The molecule has 2 aliphatic carbocycles. The van der Waals surface area contributed by atoms with E-state index in [2.05, 4.69) is 13.5 Å². The minimum Gasteiger partial charge on any atom is -0.481 e. The van der Waals surface area contributed by atoms with Crippen LogP contribution in [0.1, 0.15) is 59.3 Å². The number of aliphatic carboxylic acids is 1. The third-order valence-electron chi connectivity index (χ3n) is 7.74. The summed E-state index contributed by atoms with van der Waals surface area (Å²) in [5.41, 5.74) is -0.999. The Hall–Kier alpha value is -0.910. The molecule has 1 heterocycles. The molecule has 25 heavy (non-hydrogen) atoms. The standard InChI is InChI=1S/C20H32O5/c1-12-6-7-14-18(2,8-5-9-19(14,3)17(22)23)13(12)10-16-20(4,24)15(21)11-25-16/h13-16,21,24H,1,5-11H2,2-4H3,(H,22,23)/t13-,14+,15+,16-,18+,19-,20-/m0/s1. The largest absolute Gasteiger partial charge is 0.481 e. The van der Waals surface area contributed by atoms with Crippen LogP contribution in [0.25, 0.3) is 0 Å². The minimum atomic E-state index is -1.27. The Kier molecular flexibility index (Phi) is 4.58. The molecule has 0 aromatic rings. The highest BCUT2D eigenvalue weighted by Gasteiger charge is 2.59. The lowest BCUT2D eigenvalue weighted by atomic mass is 9.46. The van der Waals surface area contributed by atoms with Crippen LogP contribution in [0.2, 0.25) is 0 Å². The van der Waals surface area contributed by atoms with Gasteiger partial charge in [-0.3, -0.25) is 4.79 Å². The van der Waals surface area contributed by atoms with Gasteiger partial charge in [0.1, 0.15) is 11.7 Å². The Labute approximate surface area is 150 Å². The van der Waals surface area contributed by atoms with Gasteiger partial charge in [0.25, 0.3) is 0 Å². The number of ether oxygens (including phenoxy) is 1. The van der Waals surface area contributed by atoms with Gasteiger partial charge in [-0.05, 0) is 63.2 Å². The molecule has 2 saturated carbocycles. The maximum absolute atomic E-state index is 12.0. The summed E-state index contributed by atoms with van der Waals surface area (Å²) >= 11 is 0. The van der Waals surface area contributed by atoms with Gasteiger partial charge in [-0.1, -0.05) is 25.5 Å². The van der Waals surface area contributed by atoms with E-state index in [9.17, 15) is 20.1 Å². The van der Waals surface area contributed by atoms with Crippen molar-refractivity contribution in [1.82, 2.24) is 0 Å².